The Morgan fingerprint density at radius 2 is 2.19 bits per heavy atom. The predicted octanol–water partition coefficient (Wildman–Crippen LogP) is 0.132. The quantitative estimate of drug-likeness (QED) is 0.318. The Bertz CT molecular complexity index is 585. The molecule has 1 aliphatic rings. The van der Waals surface area contributed by atoms with E-state index in [2.05, 4.69) is 10.5 Å². The van der Waals surface area contributed by atoms with Crippen LogP contribution >= 0.6 is 0 Å². The second kappa shape index (κ2) is 6.25. The van der Waals surface area contributed by atoms with Crippen LogP contribution in [0.4, 0.5) is 0 Å². The van der Waals surface area contributed by atoms with Crippen molar-refractivity contribution in [3.63, 3.8) is 0 Å². The molecule has 1 aromatic carbocycles. The molecule has 0 radical (unpaired) electrons. The van der Waals surface area contributed by atoms with Crippen LogP contribution in [0.25, 0.3) is 0 Å². The summed E-state index contributed by atoms with van der Waals surface area (Å²) in [4.78, 5) is 25.2. The first-order chi connectivity index (χ1) is 10.0. The Morgan fingerprint density at radius 3 is 2.86 bits per heavy atom. The number of hydrogen-bond donors (Lipinski definition) is 3. The minimum Gasteiger partial charge on any atom is -0.409 e. The molecular weight excluding hydrogens is 272 g/mol. The molecule has 1 aromatic rings. The highest BCUT2D eigenvalue weighted by molar-refractivity contribution is 6.01. The van der Waals surface area contributed by atoms with Gasteiger partial charge >= 0.3 is 0 Å². The van der Waals surface area contributed by atoms with Gasteiger partial charge in [-0.15, -0.1) is 0 Å². The fraction of sp³-hybridized carbons (Fsp3) is 0.357. The number of nitrogens with one attached hydrogen (secondary N) is 1. The molecule has 1 atom stereocenters. The number of carbonyl (C=O) groups is 2. The van der Waals surface area contributed by atoms with Crippen molar-refractivity contribution in [2.24, 2.45) is 10.9 Å². The summed E-state index contributed by atoms with van der Waals surface area (Å²) in [5.41, 5.74) is 6.41. The molecule has 4 N–H and O–H groups in total. The second-order valence-corrected chi connectivity index (χ2v) is 5.05. The molecule has 112 valence electrons. The summed E-state index contributed by atoms with van der Waals surface area (Å²) in [5, 5.41) is 14.5. The lowest BCUT2D eigenvalue weighted by Crippen LogP contribution is -2.48. The topological polar surface area (TPSA) is 108 Å². The fourth-order valence-corrected chi connectivity index (χ4v) is 2.28. The molecule has 0 aromatic heterocycles. The highest BCUT2D eigenvalue weighted by Crippen LogP contribution is 2.11. The van der Waals surface area contributed by atoms with E-state index in [4.69, 9.17) is 10.9 Å². The number of carbonyl (C=O) groups excluding carboxylic acids is 2. The molecule has 1 heterocycles. The van der Waals surface area contributed by atoms with Crippen LogP contribution in [-0.2, 0) is 4.79 Å². The van der Waals surface area contributed by atoms with Gasteiger partial charge in [0.1, 0.15) is 0 Å². The smallest absolute Gasteiger partial charge is 0.251 e. The molecule has 7 heteroatoms. The first-order valence-corrected chi connectivity index (χ1v) is 6.64. The van der Waals surface area contributed by atoms with Gasteiger partial charge in [-0.3, -0.25) is 9.59 Å². The lowest BCUT2D eigenvalue weighted by atomic mass is 10.0. The average Bonchev–Trinajstić information content (AvgIpc) is 2.50. The zero-order valence-electron chi connectivity index (χ0n) is 11.7. The molecule has 1 aliphatic heterocycles. The zero-order valence-corrected chi connectivity index (χ0v) is 11.7. The van der Waals surface area contributed by atoms with E-state index in [0.717, 1.165) is 0 Å². The molecule has 2 amide bonds. The van der Waals surface area contributed by atoms with E-state index >= 15 is 0 Å². The van der Waals surface area contributed by atoms with Crippen LogP contribution in [0.2, 0.25) is 0 Å². The summed E-state index contributed by atoms with van der Waals surface area (Å²) in [6, 6.07) is 6.47. The average molecular weight is 290 g/mol. The summed E-state index contributed by atoms with van der Waals surface area (Å²) in [7, 11) is 1.72. The molecule has 2 rings (SSSR count). The summed E-state index contributed by atoms with van der Waals surface area (Å²) in [6.07, 6.45) is 1.07. The van der Waals surface area contributed by atoms with Gasteiger partial charge in [-0.25, -0.2) is 0 Å². The number of nitrogens with zero attached hydrogens (tertiary/aromatic N) is 2. The van der Waals surface area contributed by atoms with Gasteiger partial charge in [-0.05, 0) is 18.6 Å². The number of likely N-dealkylation sites (N-methyl/N-ethyl adjacent to an activating group) is 1. The minimum atomic E-state index is -0.240. The van der Waals surface area contributed by atoms with Crippen LogP contribution in [0.1, 0.15) is 28.8 Å². The number of amides is 2. The Balaban J connectivity index is 2.05. The molecule has 7 nitrogen and oxygen atoms in total. The predicted molar refractivity (Wildman–Crippen MR) is 77.1 cm³/mol. The molecule has 21 heavy (non-hydrogen) atoms. The van der Waals surface area contributed by atoms with Crippen molar-refractivity contribution in [1.29, 1.82) is 0 Å². The highest BCUT2D eigenvalue weighted by atomic mass is 16.4. The van der Waals surface area contributed by atoms with E-state index in [1.54, 1.807) is 36.2 Å². The summed E-state index contributed by atoms with van der Waals surface area (Å²) >= 11 is 0. The molecule has 0 spiro atoms. The largest absolute Gasteiger partial charge is 0.409 e. The van der Waals surface area contributed by atoms with Crippen molar-refractivity contribution < 1.29 is 14.8 Å². The molecular formula is C14H18N4O3. The normalized spacial score (nSPS) is 19.5. The van der Waals surface area contributed by atoms with Gasteiger partial charge < -0.3 is 21.2 Å². The van der Waals surface area contributed by atoms with Crippen LogP contribution in [0.3, 0.4) is 0 Å². The number of oxime groups is 1. The standard InChI is InChI=1S/C14H18N4O3/c1-18-8-11(5-6-12(18)19)16-14(20)10-4-2-3-9(7-10)13(15)17-21/h2-4,7,11,21H,5-6,8H2,1H3,(H2,15,17)(H,16,20). The Morgan fingerprint density at radius 1 is 1.48 bits per heavy atom. The van der Waals surface area contributed by atoms with Crippen LogP contribution in [0, 0.1) is 0 Å². The maximum absolute atomic E-state index is 12.2. The highest BCUT2D eigenvalue weighted by Gasteiger charge is 2.24. The Hall–Kier alpha value is -2.57. The van der Waals surface area contributed by atoms with Crippen molar-refractivity contribution in [3.05, 3.63) is 35.4 Å². The van der Waals surface area contributed by atoms with Gasteiger partial charge in [0.2, 0.25) is 5.91 Å². The number of nitrogens with two attached hydrogens (primary N) is 1. The molecule has 0 bridgehead atoms. The van der Waals surface area contributed by atoms with E-state index in [9.17, 15) is 9.59 Å². The molecule has 1 fully saturated rings. The third-order valence-corrected chi connectivity index (χ3v) is 3.49. The number of piperidine rings is 1. The van der Waals surface area contributed by atoms with E-state index in [1.807, 2.05) is 0 Å². The van der Waals surface area contributed by atoms with Gasteiger partial charge in [0.15, 0.2) is 5.84 Å². The Labute approximate surface area is 122 Å². The number of amidine groups is 1. The summed E-state index contributed by atoms with van der Waals surface area (Å²) in [6.45, 7) is 0.504. The van der Waals surface area contributed by atoms with E-state index in [1.165, 1.54) is 0 Å². The monoisotopic (exact) mass is 290 g/mol. The molecule has 1 unspecified atom stereocenters. The molecule has 0 aliphatic carbocycles. The van der Waals surface area contributed by atoms with E-state index in [-0.39, 0.29) is 23.7 Å². The minimum absolute atomic E-state index is 0.0485. The van der Waals surface area contributed by atoms with Crippen molar-refractivity contribution in [2.75, 3.05) is 13.6 Å². The SMILES string of the molecule is CN1CC(NC(=O)c2cccc(C(N)=NO)c2)CCC1=O. The molecule has 0 saturated carbocycles. The lowest BCUT2D eigenvalue weighted by Gasteiger charge is -2.30. The van der Waals surface area contributed by atoms with Crippen LogP contribution in [0.5, 0.6) is 0 Å². The zero-order chi connectivity index (χ0) is 15.4. The van der Waals surface area contributed by atoms with Crippen LogP contribution in [-0.4, -0.2) is 47.4 Å². The van der Waals surface area contributed by atoms with Crippen molar-refractivity contribution >= 4 is 17.6 Å². The lowest BCUT2D eigenvalue weighted by molar-refractivity contribution is -0.132. The van der Waals surface area contributed by atoms with Gasteiger partial charge in [-0.1, -0.05) is 17.3 Å². The number of benzene rings is 1. The summed E-state index contributed by atoms with van der Waals surface area (Å²) < 4.78 is 0. The van der Waals surface area contributed by atoms with Gasteiger partial charge in [0.25, 0.3) is 5.91 Å². The third-order valence-electron chi connectivity index (χ3n) is 3.49. The number of rotatable bonds is 3. The van der Waals surface area contributed by atoms with E-state index in [0.29, 0.717) is 30.5 Å². The maximum atomic E-state index is 12.2. The van der Waals surface area contributed by atoms with Crippen LogP contribution in [0.15, 0.2) is 29.4 Å². The maximum Gasteiger partial charge on any atom is 0.251 e. The number of hydrogen-bond acceptors (Lipinski definition) is 4. The van der Waals surface area contributed by atoms with Crippen LogP contribution < -0.4 is 11.1 Å². The first kappa shape index (κ1) is 14.8. The Kier molecular flexibility index (Phi) is 4.42. The van der Waals surface area contributed by atoms with Gasteiger partial charge in [0.05, 0.1) is 0 Å². The molecule has 1 saturated heterocycles. The fourth-order valence-electron chi connectivity index (χ4n) is 2.28. The van der Waals surface area contributed by atoms with Crippen molar-refractivity contribution in [1.82, 2.24) is 10.2 Å². The first-order valence-electron chi connectivity index (χ1n) is 6.64. The van der Waals surface area contributed by atoms with E-state index < -0.39 is 0 Å². The number of likely N-dealkylation sites (tertiary alicyclic amines) is 1. The van der Waals surface area contributed by atoms with Crippen molar-refractivity contribution in [3.8, 4) is 0 Å². The van der Waals surface area contributed by atoms with Crippen molar-refractivity contribution in [2.45, 2.75) is 18.9 Å². The van der Waals surface area contributed by atoms with Gasteiger partial charge in [0, 0.05) is 37.2 Å². The third kappa shape index (κ3) is 3.50. The van der Waals surface area contributed by atoms with Gasteiger partial charge in [-0.2, -0.15) is 0 Å². The second-order valence-electron chi connectivity index (χ2n) is 5.05. The summed E-state index contributed by atoms with van der Waals surface area (Å²) in [5.74, 6) is -0.197.